The molecule has 35 heavy (non-hydrogen) atoms. The number of hydrogen-bond acceptors (Lipinski definition) is 6. The molecule has 1 aromatic rings. The molecule has 10 nitrogen and oxygen atoms in total. The number of Topliss-reactive ketones (excluding diaryl/α,β-unsaturated/α-hetero) is 1. The van der Waals surface area contributed by atoms with Crippen LogP contribution in [0.15, 0.2) is 24.3 Å². The Morgan fingerprint density at radius 1 is 1.03 bits per heavy atom. The Balaban J connectivity index is 1.46. The molecule has 190 valence electrons. The molecule has 0 spiro atoms. The molecule has 3 heterocycles. The van der Waals surface area contributed by atoms with Gasteiger partial charge in [-0.05, 0) is 50.1 Å². The van der Waals surface area contributed by atoms with Gasteiger partial charge in [0.05, 0.1) is 12.6 Å². The minimum atomic E-state index is -0.756. The number of carbonyl (C=O) groups excluding carboxylic acids is 4. The third kappa shape index (κ3) is 5.27. The summed E-state index contributed by atoms with van der Waals surface area (Å²) >= 11 is 0. The van der Waals surface area contributed by atoms with Gasteiger partial charge in [-0.25, -0.2) is 4.79 Å². The number of piperazine rings is 1. The standard InChI is InChI=1S/C25H36N6O4/c1-16(2)14-19(27-23(33)17-4-6-18(26)7-5-17)24(34)30-9-8-20-22(30)21(32)15-31(20)25(35)29-12-10-28(3)11-13-29/h4-7,16,19-20,22H,8-15,26H2,1-3H3,(H,27,33). The second kappa shape index (κ2) is 10.2. The molecule has 3 aliphatic heterocycles. The van der Waals surface area contributed by atoms with Crippen LogP contribution in [0.3, 0.4) is 0 Å². The number of anilines is 1. The Labute approximate surface area is 206 Å². The van der Waals surface area contributed by atoms with Gasteiger partial charge in [0.25, 0.3) is 5.91 Å². The topological polar surface area (TPSA) is 119 Å². The van der Waals surface area contributed by atoms with Crippen LogP contribution in [0.1, 0.15) is 37.0 Å². The number of nitrogen functional groups attached to an aromatic ring is 1. The van der Waals surface area contributed by atoms with Gasteiger partial charge in [-0.2, -0.15) is 0 Å². The fourth-order valence-electron chi connectivity index (χ4n) is 5.27. The first-order valence-corrected chi connectivity index (χ1v) is 12.4. The van der Waals surface area contributed by atoms with Gasteiger partial charge in [-0.15, -0.1) is 0 Å². The van der Waals surface area contributed by atoms with Gasteiger partial charge < -0.3 is 30.7 Å². The predicted molar refractivity (Wildman–Crippen MR) is 132 cm³/mol. The average Bonchev–Trinajstić information content (AvgIpc) is 3.39. The lowest BCUT2D eigenvalue weighted by Gasteiger charge is -2.36. The first-order chi connectivity index (χ1) is 16.7. The number of amides is 4. The van der Waals surface area contributed by atoms with Crippen LogP contribution < -0.4 is 11.1 Å². The van der Waals surface area contributed by atoms with Gasteiger partial charge in [0, 0.05) is 44.0 Å². The van der Waals surface area contributed by atoms with Gasteiger partial charge in [-0.3, -0.25) is 14.4 Å². The van der Waals surface area contributed by atoms with E-state index in [0.29, 0.717) is 43.7 Å². The lowest BCUT2D eigenvalue weighted by Crippen LogP contribution is -2.54. The molecular weight excluding hydrogens is 448 g/mol. The molecule has 0 saturated carbocycles. The number of nitrogens with zero attached hydrogens (tertiary/aromatic N) is 4. The van der Waals surface area contributed by atoms with Gasteiger partial charge in [0.1, 0.15) is 12.1 Å². The van der Waals surface area contributed by atoms with Crippen molar-refractivity contribution in [3.05, 3.63) is 29.8 Å². The fraction of sp³-hybridized carbons (Fsp3) is 0.600. The minimum Gasteiger partial charge on any atom is -0.399 e. The Bertz CT molecular complexity index is 973. The lowest BCUT2D eigenvalue weighted by atomic mass is 10.0. The summed E-state index contributed by atoms with van der Waals surface area (Å²) in [5.74, 6) is -0.582. The number of likely N-dealkylation sites (N-methyl/N-ethyl adjacent to an activating group) is 1. The van der Waals surface area contributed by atoms with E-state index in [9.17, 15) is 19.2 Å². The van der Waals surface area contributed by atoms with Crippen molar-refractivity contribution >= 4 is 29.3 Å². The number of likely N-dealkylation sites (tertiary alicyclic amines) is 2. The van der Waals surface area contributed by atoms with Crippen molar-refractivity contribution in [1.29, 1.82) is 0 Å². The fourth-order valence-corrected chi connectivity index (χ4v) is 5.27. The van der Waals surface area contributed by atoms with E-state index in [4.69, 9.17) is 5.73 Å². The average molecular weight is 485 g/mol. The third-order valence-electron chi connectivity index (χ3n) is 7.21. The number of fused-ring (bicyclic) bond motifs is 1. The Morgan fingerprint density at radius 2 is 1.69 bits per heavy atom. The van der Waals surface area contributed by atoms with Crippen molar-refractivity contribution in [2.24, 2.45) is 5.92 Å². The summed E-state index contributed by atoms with van der Waals surface area (Å²) in [6, 6.07) is 4.68. The van der Waals surface area contributed by atoms with Crippen molar-refractivity contribution in [3.8, 4) is 0 Å². The summed E-state index contributed by atoms with van der Waals surface area (Å²) < 4.78 is 0. The number of ketones is 1. The number of benzene rings is 1. The van der Waals surface area contributed by atoms with Gasteiger partial charge in [0.15, 0.2) is 5.78 Å². The molecular formula is C25H36N6O4. The van der Waals surface area contributed by atoms with Gasteiger partial charge >= 0.3 is 6.03 Å². The van der Waals surface area contributed by atoms with E-state index in [1.165, 1.54) is 0 Å². The third-order valence-corrected chi connectivity index (χ3v) is 7.21. The summed E-state index contributed by atoms with van der Waals surface area (Å²) in [5.41, 5.74) is 6.68. The molecule has 0 aromatic heterocycles. The highest BCUT2D eigenvalue weighted by Gasteiger charge is 2.53. The maximum absolute atomic E-state index is 13.6. The lowest BCUT2D eigenvalue weighted by molar-refractivity contribution is -0.138. The number of rotatable bonds is 5. The molecule has 4 amide bonds. The van der Waals surface area contributed by atoms with Crippen LogP contribution in [-0.4, -0.2) is 108 Å². The van der Waals surface area contributed by atoms with Crippen LogP contribution in [0, 0.1) is 5.92 Å². The largest absolute Gasteiger partial charge is 0.399 e. The number of hydrogen-bond donors (Lipinski definition) is 2. The monoisotopic (exact) mass is 484 g/mol. The minimum absolute atomic E-state index is 0.0247. The van der Waals surface area contributed by atoms with Crippen LogP contribution in [0.2, 0.25) is 0 Å². The Morgan fingerprint density at radius 3 is 2.31 bits per heavy atom. The molecule has 4 rings (SSSR count). The Kier molecular flexibility index (Phi) is 7.30. The summed E-state index contributed by atoms with van der Waals surface area (Å²) in [7, 11) is 2.03. The van der Waals surface area contributed by atoms with Crippen molar-refractivity contribution in [2.45, 2.75) is 44.8 Å². The van der Waals surface area contributed by atoms with Crippen LogP contribution in [0.4, 0.5) is 10.5 Å². The van der Waals surface area contributed by atoms with E-state index in [2.05, 4.69) is 10.2 Å². The molecule has 3 fully saturated rings. The van der Waals surface area contributed by atoms with Crippen LogP contribution in [0.25, 0.3) is 0 Å². The highest BCUT2D eigenvalue weighted by Crippen LogP contribution is 2.31. The molecule has 3 unspecified atom stereocenters. The molecule has 3 saturated heterocycles. The second-order valence-corrected chi connectivity index (χ2v) is 10.3. The van der Waals surface area contributed by atoms with Crippen LogP contribution >= 0.6 is 0 Å². The molecule has 1 aromatic carbocycles. The Hall–Kier alpha value is -3.14. The highest BCUT2D eigenvalue weighted by molar-refractivity contribution is 6.00. The van der Waals surface area contributed by atoms with E-state index in [1.807, 2.05) is 20.9 Å². The zero-order valence-electron chi connectivity index (χ0n) is 20.8. The molecule has 3 aliphatic rings. The molecule has 3 atom stereocenters. The van der Waals surface area contributed by atoms with Gasteiger partial charge in [0.2, 0.25) is 5.91 Å². The first kappa shape index (κ1) is 25.0. The first-order valence-electron chi connectivity index (χ1n) is 12.4. The summed E-state index contributed by atoms with van der Waals surface area (Å²) in [6.07, 6.45) is 1.01. The summed E-state index contributed by atoms with van der Waals surface area (Å²) in [6.45, 7) is 7.25. The van der Waals surface area contributed by atoms with Gasteiger partial charge in [-0.1, -0.05) is 13.8 Å². The molecule has 0 radical (unpaired) electrons. The second-order valence-electron chi connectivity index (χ2n) is 10.3. The predicted octanol–water partition coefficient (Wildman–Crippen LogP) is 0.635. The van der Waals surface area contributed by atoms with E-state index < -0.39 is 12.1 Å². The molecule has 0 aliphatic carbocycles. The van der Waals surface area contributed by atoms with Crippen molar-refractivity contribution in [1.82, 2.24) is 24.9 Å². The van der Waals surface area contributed by atoms with Crippen molar-refractivity contribution in [3.63, 3.8) is 0 Å². The zero-order valence-corrected chi connectivity index (χ0v) is 20.8. The van der Waals surface area contributed by atoms with Crippen LogP contribution in [0.5, 0.6) is 0 Å². The smallest absolute Gasteiger partial charge is 0.320 e. The molecule has 0 bridgehead atoms. The normalized spacial score (nSPS) is 23.5. The summed E-state index contributed by atoms with van der Waals surface area (Å²) in [4.78, 5) is 59.9. The maximum Gasteiger partial charge on any atom is 0.320 e. The van der Waals surface area contributed by atoms with Crippen molar-refractivity contribution in [2.75, 3.05) is 52.0 Å². The number of nitrogens with one attached hydrogen (secondary N) is 1. The van der Waals surface area contributed by atoms with E-state index >= 15 is 0 Å². The quantitative estimate of drug-likeness (QED) is 0.592. The maximum atomic E-state index is 13.6. The molecule has 3 N–H and O–H groups in total. The van der Waals surface area contributed by atoms with E-state index in [0.717, 1.165) is 13.1 Å². The van der Waals surface area contributed by atoms with E-state index in [1.54, 1.807) is 39.0 Å². The van der Waals surface area contributed by atoms with Crippen LogP contribution in [-0.2, 0) is 9.59 Å². The van der Waals surface area contributed by atoms with Crippen molar-refractivity contribution < 1.29 is 19.2 Å². The number of nitrogens with two attached hydrogens (primary N) is 1. The SMILES string of the molecule is CC(C)CC(NC(=O)c1ccc(N)cc1)C(=O)N1CCC2C1C(=O)CN2C(=O)N1CCN(C)CC1. The van der Waals surface area contributed by atoms with E-state index in [-0.39, 0.29) is 42.1 Å². The summed E-state index contributed by atoms with van der Waals surface area (Å²) in [5, 5.41) is 2.87. The highest BCUT2D eigenvalue weighted by atomic mass is 16.2. The molecule has 10 heteroatoms. The zero-order chi connectivity index (χ0) is 25.3. The number of carbonyl (C=O) groups is 4. The number of urea groups is 1.